The van der Waals surface area contributed by atoms with Gasteiger partial charge in [-0.3, -0.25) is 4.79 Å². The SMILES string of the molecule is Cc1nn(Cc2ccccc2Cl)c(=O)c(C#N)c1C. The first kappa shape index (κ1) is 13.3. The van der Waals surface area contributed by atoms with Gasteiger partial charge < -0.3 is 0 Å². The van der Waals surface area contributed by atoms with Crippen molar-refractivity contribution in [3.05, 3.63) is 62.0 Å². The van der Waals surface area contributed by atoms with Gasteiger partial charge in [0, 0.05) is 5.02 Å². The highest BCUT2D eigenvalue weighted by Gasteiger charge is 2.12. The minimum atomic E-state index is -0.384. The van der Waals surface area contributed by atoms with E-state index in [0.717, 1.165) is 5.56 Å². The summed E-state index contributed by atoms with van der Waals surface area (Å²) in [5.74, 6) is 0. The highest BCUT2D eigenvalue weighted by Crippen LogP contribution is 2.15. The predicted molar refractivity (Wildman–Crippen MR) is 73.2 cm³/mol. The molecule has 19 heavy (non-hydrogen) atoms. The van der Waals surface area contributed by atoms with Crippen molar-refractivity contribution in [2.45, 2.75) is 20.4 Å². The monoisotopic (exact) mass is 273 g/mol. The molecule has 0 fully saturated rings. The summed E-state index contributed by atoms with van der Waals surface area (Å²) < 4.78 is 1.28. The van der Waals surface area contributed by atoms with Gasteiger partial charge in [-0.15, -0.1) is 0 Å². The Kier molecular flexibility index (Phi) is 3.68. The van der Waals surface area contributed by atoms with Gasteiger partial charge >= 0.3 is 0 Å². The lowest BCUT2D eigenvalue weighted by atomic mass is 10.1. The van der Waals surface area contributed by atoms with E-state index in [1.165, 1.54) is 4.68 Å². The van der Waals surface area contributed by atoms with Crippen LogP contribution in [0.5, 0.6) is 0 Å². The van der Waals surface area contributed by atoms with Crippen molar-refractivity contribution < 1.29 is 0 Å². The maximum atomic E-state index is 12.1. The molecule has 1 aromatic heterocycles. The fourth-order valence-corrected chi connectivity index (χ4v) is 1.99. The smallest absolute Gasteiger partial charge is 0.266 e. The number of rotatable bonds is 2. The molecule has 0 saturated carbocycles. The summed E-state index contributed by atoms with van der Waals surface area (Å²) >= 11 is 6.06. The Bertz CT molecular complexity index is 728. The van der Waals surface area contributed by atoms with E-state index in [1.54, 1.807) is 19.9 Å². The van der Waals surface area contributed by atoms with Gasteiger partial charge in [0.05, 0.1) is 12.2 Å². The molecule has 1 aromatic carbocycles. The van der Waals surface area contributed by atoms with Gasteiger partial charge in [0.15, 0.2) is 0 Å². The van der Waals surface area contributed by atoms with Crippen molar-refractivity contribution >= 4 is 11.6 Å². The van der Waals surface area contributed by atoms with E-state index in [2.05, 4.69) is 5.10 Å². The lowest BCUT2D eigenvalue weighted by Gasteiger charge is -2.09. The molecular formula is C14H12ClN3O. The number of hydrogen-bond acceptors (Lipinski definition) is 3. The molecule has 5 heteroatoms. The number of benzene rings is 1. The van der Waals surface area contributed by atoms with E-state index in [1.807, 2.05) is 24.3 Å². The van der Waals surface area contributed by atoms with Gasteiger partial charge in [-0.25, -0.2) is 4.68 Å². The van der Waals surface area contributed by atoms with E-state index < -0.39 is 0 Å². The molecule has 0 bridgehead atoms. The van der Waals surface area contributed by atoms with Crippen molar-refractivity contribution in [1.82, 2.24) is 9.78 Å². The van der Waals surface area contributed by atoms with Crippen LogP contribution in [-0.2, 0) is 6.54 Å². The summed E-state index contributed by atoms with van der Waals surface area (Å²) in [4.78, 5) is 12.1. The zero-order valence-electron chi connectivity index (χ0n) is 10.6. The Morgan fingerprint density at radius 1 is 1.37 bits per heavy atom. The molecule has 0 unspecified atom stereocenters. The van der Waals surface area contributed by atoms with E-state index >= 15 is 0 Å². The summed E-state index contributed by atoms with van der Waals surface area (Å²) in [5.41, 5.74) is 1.85. The van der Waals surface area contributed by atoms with Gasteiger partial charge in [0.25, 0.3) is 5.56 Å². The molecule has 2 rings (SSSR count). The minimum absolute atomic E-state index is 0.138. The van der Waals surface area contributed by atoms with E-state index in [0.29, 0.717) is 16.3 Å². The quantitative estimate of drug-likeness (QED) is 0.844. The van der Waals surface area contributed by atoms with Gasteiger partial charge in [-0.1, -0.05) is 29.8 Å². The van der Waals surface area contributed by atoms with Gasteiger partial charge in [-0.2, -0.15) is 10.4 Å². The number of nitriles is 1. The van der Waals surface area contributed by atoms with Crippen LogP contribution in [-0.4, -0.2) is 9.78 Å². The summed E-state index contributed by atoms with van der Waals surface area (Å²) in [7, 11) is 0. The number of nitrogens with zero attached hydrogens (tertiary/aromatic N) is 3. The van der Waals surface area contributed by atoms with E-state index in [9.17, 15) is 4.79 Å². The second kappa shape index (κ2) is 5.25. The number of halogens is 1. The van der Waals surface area contributed by atoms with Crippen LogP contribution in [0.25, 0.3) is 0 Å². The normalized spacial score (nSPS) is 10.2. The summed E-state index contributed by atoms with van der Waals surface area (Å²) in [6.07, 6.45) is 0. The predicted octanol–water partition coefficient (Wildman–Crippen LogP) is 2.43. The highest BCUT2D eigenvalue weighted by molar-refractivity contribution is 6.31. The first-order valence-corrected chi connectivity index (χ1v) is 6.14. The Balaban J connectivity index is 2.54. The number of hydrogen-bond donors (Lipinski definition) is 0. The fourth-order valence-electron chi connectivity index (χ4n) is 1.80. The van der Waals surface area contributed by atoms with Gasteiger partial charge in [-0.05, 0) is 31.0 Å². The second-order valence-electron chi connectivity index (χ2n) is 4.25. The third-order valence-electron chi connectivity index (χ3n) is 3.03. The van der Waals surface area contributed by atoms with Crippen LogP contribution in [0.3, 0.4) is 0 Å². The molecule has 0 amide bonds. The fraction of sp³-hybridized carbons (Fsp3) is 0.214. The zero-order valence-corrected chi connectivity index (χ0v) is 11.4. The van der Waals surface area contributed by atoms with Crippen LogP contribution >= 0.6 is 11.6 Å². The highest BCUT2D eigenvalue weighted by atomic mass is 35.5. The molecule has 0 saturated heterocycles. The summed E-state index contributed by atoms with van der Waals surface area (Å²) in [6, 6.07) is 9.20. The first-order valence-electron chi connectivity index (χ1n) is 5.76. The largest absolute Gasteiger partial charge is 0.285 e. The third-order valence-corrected chi connectivity index (χ3v) is 3.40. The van der Waals surface area contributed by atoms with Crippen molar-refractivity contribution in [3.63, 3.8) is 0 Å². The van der Waals surface area contributed by atoms with Crippen LogP contribution in [0.1, 0.15) is 22.4 Å². The molecule has 4 nitrogen and oxygen atoms in total. The Hall–Kier alpha value is -2.12. The average Bonchev–Trinajstić information content (AvgIpc) is 2.39. The van der Waals surface area contributed by atoms with Crippen LogP contribution < -0.4 is 5.56 Å². The molecular weight excluding hydrogens is 262 g/mol. The lowest BCUT2D eigenvalue weighted by Crippen LogP contribution is -2.28. The van der Waals surface area contributed by atoms with Crippen molar-refractivity contribution in [2.24, 2.45) is 0 Å². The molecule has 0 radical (unpaired) electrons. The molecule has 0 aliphatic heterocycles. The molecule has 0 N–H and O–H groups in total. The zero-order chi connectivity index (χ0) is 14.0. The maximum Gasteiger partial charge on any atom is 0.285 e. The van der Waals surface area contributed by atoms with Crippen LogP contribution in [0.15, 0.2) is 29.1 Å². The maximum absolute atomic E-state index is 12.1. The van der Waals surface area contributed by atoms with E-state index in [4.69, 9.17) is 16.9 Å². The molecule has 0 atom stereocenters. The topological polar surface area (TPSA) is 58.7 Å². The molecule has 96 valence electrons. The summed E-state index contributed by atoms with van der Waals surface area (Å²) in [5, 5.41) is 13.8. The standard InChI is InChI=1S/C14H12ClN3O/c1-9-10(2)17-18(14(19)12(9)7-16)8-11-5-3-4-6-13(11)15/h3-6H,8H2,1-2H3. The van der Waals surface area contributed by atoms with E-state index in [-0.39, 0.29) is 17.7 Å². The van der Waals surface area contributed by atoms with Crippen molar-refractivity contribution in [2.75, 3.05) is 0 Å². The molecule has 2 aromatic rings. The van der Waals surface area contributed by atoms with Gasteiger partial charge in [0.2, 0.25) is 0 Å². The number of aryl methyl sites for hydroxylation is 1. The Morgan fingerprint density at radius 2 is 2.05 bits per heavy atom. The Morgan fingerprint density at radius 3 is 2.68 bits per heavy atom. The van der Waals surface area contributed by atoms with Crippen LogP contribution in [0.4, 0.5) is 0 Å². The van der Waals surface area contributed by atoms with Crippen molar-refractivity contribution in [1.29, 1.82) is 5.26 Å². The molecule has 1 heterocycles. The first-order chi connectivity index (χ1) is 9.04. The second-order valence-corrected chi connectivity index (χ2v) is 4.66. The van der Waals surface area contributed by atoms with Crippen LogP contribution in [0.2, 0.25) is 5.02 Å². The van der Waals surface area contributed by atoms with Gasteiger partial charge in [0.1, 0.15) is 11.6 Å². The average molecular weight is 274 g/mol. The molecule has 0 aliphatic rings. The molecule has 0 aliphatic carbocycles. The number of aromatic nitrogens is 2. The molecule has 0 spiro atoms. The van der Waals surface area contributed by atoms with Crippen molar-refractivity contribution in [3.8, 4) is 6.07 Å². The minimum Gasteiger partial charge on any atom is -0.266 e. The lowest BCUT2D eigenvalue weighted by molar-refractivity contribution is 0.623. The Labute approximate surface area is 115 Å². The van der Waals surface area contributed by atoms with Crippen LogP contribution in [0, 0.1) is 25.2 Å². The third kappa shape index (κ3) is 2.51. The summed E-state index contributed by atoms with van der Waals surface area (Å²) in [6.45, 7) is 3.76.